The first-order chi connectivity index (χ1) is 13.7. The quantitative estimate of drug-likeness (QED) is 0.370. The topological polar surface area (TPSA) is 83.7 Å². The molecular weight excluding hydrogens is 384 g/mol. The number of aromatic nitrogens is 2. The van der Waals surface area contributed by atoms with Crippen molar-refractivity contribution in [1.82, 2.24) is 10.2 Å². The van der Waals surface area contributed by atoms with Gasteiger partial charge in [0.1, 0.15) is 5.75 Å². The van der Waals surface area contributed by atoms with Crippen molar-refractivity contribution < 1.29 is 23.4 Å². The number of ether oxygens (including phenoxy) is 3. The van der Waals surface area contributed by atoms with Gasteiger partial charge in [0, 0.05) is 18.1 Å². The molecule has 1 aromatic heterocycles. The first-order valence-corrected chi connectivity index (χ1v) is 8.92. The van der Waals surface area contributed by atoms with Gasteiger partial charge < -0.3 is 18.6 Å². The van der Waals surface area contributed by atoms with Crippen LogP contribution in [0.3, 0.4) is 0 Å². The normalized spacial score (nSPS) is 13.3. The first kappa shape index (κ1) is 18.1. The highest BCUT2D eigenvalue weighted by Gasteiger charge is 2.15. The molecule has 2 aromatic carbocycles. The lowest BCUT2D eigenvalue weighted by Gasteiger charge is -2.09. The molecule has 2 heterocycles. The standard InChI is InChI=1S/C20H15ClN2O5/c21-16-10-13(11-17-19(16)26-9-1-8-25-17)2-7-18(24)28-15-5-3-14(4-6-15)20-23-22-12-27-20/h2-7,10-12H,1,8-9H2. The van der Waals surface area contributed by atoms with Crippen LogP contribution in [0.1, 0.15) is 12.0 Å². The summed E-state index contributed by atoms with van der Waals surface area (Å²) in [5.74, 6) is 1.36. The average molecular weight is 399 g/mol. The third-order valence-corrected chi connectivity index (χ3v) is 4.20. The van der Waals surface area contributed by atoms with Crippen LogP contribution in [0, 0.1) is 0 Å². The van der Waals surface area contributed by atoms with Crippen LogP contribution in [-0.4, -0.2) is 29.4 Å². The summed E-state index contributed by atoms with van der Waals surface area (Å²) in [6.45, 7) is 1.11. The van der Waals surface area contributed by atoms with Crippen LogP contribution in [0.4, 0.5) is 0 Å². The van der Waals surface area contributed by atoms with Crippen LogP contribution in [0.15, 0.2) is 53.3 Å². The van der Waals surface area contributed by atoms with Gasteiger partial charge in [-0.1, -0.05) is 11.6 Å². The van der Waals surface area contributed by atoms with Crippen molar-refractivity contribution in [3.05, 3.63) is 59.5 Å². The summed E-state index contributed by atoms with van der Waals surface area (Å²) in [7, 11) is 0. The molecule has 0 fully saturated rings. The number of carbonyl (C=O) groups excluding carboxylic acids is 1. The van der Waals surface area contributed by atoms with E-state index in [1.54, 1.807) is 42.5 Å². The van der Waals surface area contributed by atoms with Crippen molar-refractivity contribution in [2.45, 2.75) is 6.42 Å². The highest BCUT2D eigenvalue weighted by molar-refractivity contribution is 6.32. The van der Waals surface area contributed by atoms with E-state index in [-0.39, 0.29) is 0 Å². The maximum atomic E-state index is 12.1. The van der Waals surface area contributed by atoms with Crippen molar-refractivity contribution >= 4 is 23.6 Å². The summed E-state index contributed by atoms with van der Waals surface area (Å²) in [4.78, 5) is 12.1. The summed E-state index contributed by atoms with van der Waals surface area (Å²) in [6.07, 6.45) is 4.96. The third kappa shape index (κ3) is 4.15. The van der Waals surface area contributed by atoms with Crippen molar-refractivity contribution in [3.63, 3.8) is 0 Å². The van der Waals surface area contributed by atoms with Gasteiger partial charge in [0.25, 0.3) is 0 Å². The van der Waals surface area contributed by atoms with Crippen molar-refractivity contribution in [3.8, 4) is 28.7 Å². The lowest BCUT2D eigenvalue weighted by molar-refractivity contribution is -0.128. The van der Waals surface area contributed by atoms with Crippen molar-refractivity contribution in [2.75, 3.05) is 13.2 Å². The SMILES string of the molecule is O=C(C=Cc1cc(Cl)c2c(c1)OCCCO2)Oc1ccc(-c2nnco2)cc1. The van der Waals surface area contributed by atoms with Gasteiger partial charge in [-0.3, -0.25) is 0 Å². The fourth-order valence-electron chi connectivity index (χ4n) is 2.63. The molecule has 3 aromatic rings. The van der Waals surface area contributed by atoms with Gasteiger partial charge in [-0.2, -0.15) is 0 Å². The van der Waals surface area contributed by atoms with Gasteiger partial charge in [-0.25, -0.2) is 4.79 Å². The Morgan fingerprint density at radius 2 is 1.96 bits per heavy atom. The first-order valence-electron chi connectivity index (χ1n) is 8.55. The van der Waals surface area contributed by atoms with Crippen molar-refractivity contribution in [1.29, 1.82) is 0 Å². The van der Waals surface area contributed by atoms with Gasteiger partial charge in [-0.05, 0) is 48.0 Å². The minimum absolute atomic E-state index is 0.393. The molecule has 7 nitrogen and oxygen atoms in total. The number of esters is 1. The molecular formula is C20H15ClN2O5. The largest absolute Gasteiger partial charge is 0.489 e. The Morgan fingerprint density at radius 3 is 2.75 bits per heavy atom. The van der Waals surface area contributed by atoms with Crippen LogP contribution in [0.5, 0.6) is 17.2 Å². The van der Waals surface area contributed by atoms with Gasteiger partial charge in [0.15, 0.2) is 11.5 Å². The zero-order valence-electron chi connectivity index (χ0n) is 14.6. The van der Waals surface area contributed by atoms with Gasteiger partial charge >= 0.3 is 5.97 Å². The molecule has 4 rings (SSSR count). The average Bonchev–Trinajstić information content (AvgIpc) is 3.12. The van der Waals surface area contributed by atoms with E-state index in [9.17, 15) is 4.79 Å². The molecule has 1 aliphatic heterocycles. The number of hydrogen-bond acceptors (Lipinski definition) is 7. The van der Waals surface area contributed by atoms with E-state index in [0.29, 0.717) is 46.9 Å². The minimum Gasteiger partial charge on any atom is -0.489 e. The van der Waals surface area contributed by atoms with Crippen LogP contribution >= 0.6 is 11.6 Å². The smallest absolute Gasteiger partial charge is 0.336 e. The maximum Gasteiger partial charge on any atom is 0.336 e. The van der Waals surface area contributed by atoms with Crippen LogP contribution in [-0.2, 0) is 4.79 Å². The molecule has 0 amide bonds. The summed E-state index contributed by atoms with van der Waals surface area (Å²) >= 11 is 6.25. The predicted octanol–water partition coefficient (Wildman–Crippen LogP) is 4.17. The van der Waals surface area contributed by atoms with Gasteiger partial charge in [0.05, 0.1) is 18.2 Å². The second-order valence-corrected chi connectivity index (χ2v) is 6.31. The number of fused-ring (bicyclic) bond motifs is 1. The summed E-state index contributed by atoms with van der Waals surface area (Å²) in [6, 6.07) is 10.2. The van der Waals surface area contributed by atoms with Gasteiger partial charge in [0.2, 0.25) is 12.3 Å². The Balaban J connectivity index is 1.43. The maximum absolute atomic E-state index is 12.1. The van der Waals surface area contributed by atoms with E-state index < -0.39 is 5.97 Å². The lowest BCUT2D eigenvalue weighted by Crippen LogP contribution is -2.03. The van der Waals surface area contributed by atoms with E-state index in [1.807, 2.05) is 0 Å². The Kier molecular flexibility index (Phi) is 5.25. The van der Waals surface area contributed by atoms with Crippen LogP contribution < -0.4 is 14.2 Å². The minimum atomic E-state index is -0.520. The number of nitrogens with zero attached hydrogens (tertiary/aromatic N) is 2. The molecule has 0 radical (unpaired) electrons. The Labute approximate surface area is 165 Å². The van der Waals surface area contributed by atoms with E-state index in [0.717, 1.165) is 12.0 Å². The highest BCUT2D eigenvalue weighted by atomic mass is 35.5. The van der Waals surface area contributed by atoms with E-state index in [2.05, 4.69) is 10.2 Å². The summed E-state index contributed by atoms with van der Waals surface area (Å²) in [5.41, 5.74) is 1.44. The fourth-order valence-corrected chi connectivity index (χ4v) is 2.90. The second-order valence-electron chi connectivity index (χ2n) is 5.90. The second kappa shape index (κ2) is 8.14. The summed E-state index contributed by atoms with van der Waals surface area (Å²) in [5, 5.41) is 7.88. The summed E-state index contributed by atoms with van der Waals surface area (Å²) < 4.78 is 21.6. The molecule has 8 heteroatoms. The Hall–Kier alpha value is -3.32. The number of halogens is 1. The molecule has 0 atom stereocenters. The number of rotatable bonds is 4. The van der Waals surface area contributed by atoms with Gasteiger partial charge in [-0.15, -0.1) is 10.2 Å². The Bertz CT molecular complexity index is 1000. The van der Waals surface area contributed by atoms with E-state index in [1.165, 1.54) is 12.5 Å². The third-order valence-electron chi connectivity index (χ3n) is 3.92. The number of carbonyl (C=O) groups is 1. The molecule has 0 unspecified atom stereocenters. The molecule has 142 valence electrons. The van der Waals surface area contributed by atoms with Crippen LogP contribution in [0.2, 0.25) is 5.02 Å². The zero-order valence-corrected chi connectivity index (χ0v) is 15.4. The van der Waals surface area contributed by atoms with Crippen molar-refractivity contribution in [2.24, 2.45) is 0 Å². The molecule has 0 N–H and O–H groups in total. The number of benzene rings is 2. The number of hydrogen-bond donors (Lipinski definition) is 0. The van der Waals surface area contributed by atoms with E-state index >= 15 is 0 Å². The molecule has 0 spiro atoms. The molecule has 0 saturated heterocycles. The molecule has 0 aliphatic carbocycles. The molecule has 28 heavy (non-hydrogen) atoms. The Morgan fingerprint density at radius 1 is 1.14 bits per heavy atom. The highest BCUT2D eigenvalue weighted by Crippen LogP contribution is 2.38. The lowest BCUT2D eigenvalue weighted by atomic mass is 10.2. The molecule has 0 bridgehead atoms. The van der Waals surface area contributed by atoms with Crippen LogP contribution in [0.25, 0.3) is 17.5 Å². The molecule has 1 aliphatic rings. The monoisotopic (exact) mass is 398 g/mol. The predicted molar refractivity (Wildman–Crippen MR) is 101 cm³/mol. The fraction of sp³-hybridized carbons (Fsp3) is 0.150. The molecule has 0 saturated carbocycles. The zero-order chi connectivity index (χ0) is 19.3. The van der Waals surface area contributed by atoms with E-state index in [4.69, 9.17) is 30.2 Å².